The highest BCUT2D eigenvalue weighted by Gasteiger charge is 2.19. The van der Waals surface area contributed by atoms with Crippen LogP contribution in [0.4, 0.5) is 0 Å². The fourth-order valence-corrected chi connectivity index (χ4v) is 7.84. The quantitative estimate of drug-likeness (QED) is 0.0262. The minimum absolute atomic E-state index is 0.0733. The normalized spacial score (nSPS) is 12.1. The van der Waals surface area contributed by atoms with Gasteiger partial charge in [-0.1, -0.05) is 225 Å². The second kappa shape index (κ2) is 50.5. The number of hydrogen-bond donors (Lipinski definition) is 0. The molecule has 0 spiro atoms. The molecule has 0 saturated carbocycles. The first-order valence-electron chi connectivity index (χ1n) is 26.8. The molecule has 0 rings (SSSR count). The van der Waals surface area contributed by atoms with E-state index in [1.807, 2.05) is 0 Å². The van der Waals surface area contributed by atoms with E-state index in [0.717, 1.165) is 70.6 Å². The van der Waals surface area contributed by atoms with Gasteiger partial charge in [-0.25, -0.2) is 0 Å². The highest BCUT2D eigenvalue weighted by Crippen LogP contribution is 2.16. The van der Waals surface area contributed by atoms with Crippen LogP contribution in [-0.4, -0.2) is 37.2 Å². The maximum absolute atomic E-state index is 12.8. The SMILES string of the molecule is CCCCCC/C=C\CCCCCCCC(=O)OC[C@H](COC(=O)CCCCCCCCCCCCCCCCCCC)OC(=O)CCCCCCC/C=C\CCCCCC. The third kappa shape index (κ3) is 48.8. The lowest BCUT2D eigenvalue weighted by atomic mass is 10.0. The van der Waals surface area contributed by atoms with E-state index in [0.29, 0.717) is 19.3 Å². The van der Waals surface area contributed by atoms with Crippen molar-refractivity contribution < 1.29 is 28.6 Å². The van der Waals surface area contributed by atoms with Gasteiger partial charge in [-0.15, -0.1) is 0 Å². The van der Waals surface area contributed by atoms with Gasteiger partial charge in [0.2, 0.25) is 0 Å². The van der Waals surface area contributed by atoms with Gasteiger partial charge in [0.05, 0.1) is 0 Å². The van der Waals surface area contributed by atoms with E-state index >= 15 is 0 Å². The Bertz CT molecular complexity index is 989. The molecule has 0 N–H and O–H groups in total. The van der Waals surface area contributed by atoms with Crippen LogP contribution >= 0.6 is 0 Å². The van der Waals surface area contributed by atoms with E-state index in [2.05, 4.69) is 45.1 Å². The summed E-state index contributed by atoms with van der Waals surface area (Å²) in [5, 5.41) is 0. The second-order valence-electron chi connectivity index (χ2n) is 18.1. The number of hydrogen-bond acceptors (Lipinski definition) is 6. The Morgan fingerprint density at radius 3 is 0.836 bits per heavy atom. The summed E-state index contributed by atoms with van der Waals surface area (Å²) >= 11 is 0. The Labute approximate surface area is 379 Å². The molecular formula is C55H102O6. The van der Waals surface area contributed by atoms with Gasteiger partial charge in [-0.05, 0) is 70.6 Å². The lowest BCUT2D eigenvalue weighted by Gasteiger charge is -2.18. The summed E-state index contributed by atoms with van der Waals surface area (Å²) < 4.78 is 16.8. The molecule has 0 radical (unpaired) electrons. The zero-order valence-corrected chi connectivity index (χ0v) is 40.9. The molecule has 0 amide bonds. The number of ether oxygens (including phenoxy) is 3. The van der Waals surface area contributed by atoms with E-state index in [1.54, 1.807) is 0 Å². The van der Waals surface area contributed by atoms with Crippen LogP contribution in [0.15, 0.2) is 24.3 Å². The first-order chi connectivity index (χ1) is 30.0. The molecule has 358 valence electrons. The number of carbonyl (C=O) groups excluding carboxylic acids is 3. The highest BCUT2D eigenvalue weighted by molar-refractivity contribution is 5.71. The molecule has 0 aliphatic rings. The molecule has 6 nitrogen and oxygen atoms in total. The Kier molecular flexibility index (Phi) is 48.8. The maximum Gasteiger partial charge on any atom is 0.306 e. The Morgan fingerprint density at radius 1 is 0.311 bits per heavy atom. The first-order valence-corrected chi connectivity index (χ1v) is 26.8. The van der Waals surface area contributed by atoms with Crippen LogP contribution < -0.4 is 0 Å². The van der Waals surface area contributed by atoms with Crippen LogP contribution in [0.3, 0.4) is 0 Å². The average Bonchev–Trinajstić information content (AvgIpc) is 3.26. The molecule has 0 aromatic carbocycles. The van der Waals surface area contributed by atoms with Gasteiger partial charge in [0.15, 0.2) is 6.10 Å². The fraction of sp³-hybridized carbons (Fsp3) is 0.873. The molecule has 6 heteroatoms. The van der Waals surface area contributed by atoms with Crippen LogP contribution in [0.25, 0.3) is 0 Å². The van der Waals surface area contributed by atoms with Gasteiger partial charge >= 0.3 is 17.9 Å². The Morgan fingerprint density at radius 2 is 0.541 bits per heavy atom. The van der Waals surface area contributed by atoms with Crippen molar-refractivity contribution in [2.75, 3.05) is 13.2 Å². The molecule has 0 saturated heterocycles. The lowest BCUT2D eigenvalue weighted by Crippen LogP contribution is -2.30. The molecule has 0 aliphatic carbocycles. The van der Waals surface area contributed by atoms with Crippen molar-refractivity contribution >= 4 is 17.9 Å². The van der Waals surface area contributed by atoms with Gasteiger partial charge in [0, 0.05) is 19.3 Å². The molecular weight excluding hydrogens is 757 g/mol. The molecule has 0 unspecified atom stereocenters. The van der Waals surface area contributed by atoms with Gasteiger partial charge in [-0.2, -0.15) is 0 Å². The lowest BCUT2D eigenvalue weighted by molar-refractivity contribution is -0.167. The van der Waals surface area contributed by atoms with E-state index in [1.165, 1.54) is 180 Å². The Balaban J connectivity index is 4.33. The van der Waals surface area contributed by atoms with Crippen molar-refractivity contribution in [3.63, 3.8) is 0 Å². The zero-order valence-electron chi connectivity index (χ0n) is 40.9. The molecule has 0 heterocycles. The summed E-state index contributed by atoms with van der Waals surface area (Å²) in [5.74, 6) is -0.877. The minimum Gasteiger partial charge on any atom is -0.462 e. The average molecular weight is 859 g/mol. The summed E-state index contributed by atoms with van der Waals surface area (Å²) in [5.41, 5.74) is 0. The Hall–Kier alpha value is -2.11. The molecule has 0 aliphatic heterocycles. The maximum atomic E-state index is 12.8. The fourth-order valence-electron chi connectivity index (χ4n) is 7.84. The predicted molar refractivity (Wildman–Crippen MR) is 261 cm³/mol. The number of esters is 3. The largest absolute Gasteiger partial charge is 0.462 e. The highest BCUT2D eigenvalue weighted by atomic mass is 16.6. The van der Waals surface area contributed by atoms with E-state index in [9.17, 15) is 14.4 Å². The van der Waals surface area contributed by atoms with Crippen molar-refractivity contribution in [3.05, 3.63) is 24.3 Å². The molecule has 1 atom stereocenters. The molecule has 0 bridgehead atoms. The van der Waals surface area contributed by atoms with Gasteiger partial charge in [0.25, 0.3) is 0 Å². The molecule has 0 aromatic rings. The monoisotopic (exact) mass is 859 g/mol. The summed E-state index contributed by atoms with van der Waals surface area (Å²) in [4.78, 5) is 38.0. The zero-order chi connectivity index (χ0) is 44.4. The second-order valence-corrected chi connectivity index (χ2v) is 18.1. The van der Waals surface area contributed by atoms with E-state index < -0.39 is 6.10 Å². The van der Waals surface area contributed by atoms with Crippen LogP contribution in [-0.2, 0) is 28.6 Å². The number of allylic oxidation sites excluding steroid dienone is 4. The van der Waals surface area contributed by atoms with Crippen LogP contribution in [0, 0.1) is 0 Å². The van der Waals surface area contributed by atoms with Crippen molar-refractivity contribution in [2.45, 2.75) is 297 Å². The van der Waals surface area contributed by atoms with Crippen LogP contribution in [0.2, 0.25) is 0 Å². The van der Waals surface area contributed by atoms with E-state index in [4.69, 9.17) is 14.2 Å². The third-order valence-electron chi connectivity index (χ3n) is 11.9. The van der Waals surface area contributed by atoms with Gasteiger partial charge in [0.1, 0.15) is 13.2 Å². The van der Waals surface area contributed by atoms with Gasteiger partial charge in [-0.3, -0.25) is 14.4 Å². The summed E-state index contributed by atoms with van der Waals surface area (Å²) in [7, 11) is 0. The summed E-state index contributed by atoms with van der Waals surface area (Å²) in [6, 6.07) is 0. The van der Waals surface area contributed by atoms with Crippen molar-refractivity contribution in [1.29, 1.82) is 0 Å². The predicted octanol–water partition coefficient (Wildman–Crippen LogP) is 17.5. The van der Waals surface area contributed by atoms with Crippen molar-refractivity contribution in [3.8, 4) is 0 Å². The molecule has 0 aromatic heterocycles. The van der Waals surface area contributed by atoms with Crippen LogP contribution in [0.5, 0.6) is 0 Å². The van der Waals surface area contributed by atoms with Gasteiger partial charge < -0.3 is 14.2 Å². The topological polar surface area (TPSA) is 78.9 Å². The number of rotatable bonds is 49. The van der Waals surface area contributed by atoms with Crippen molar-refractivity contribution in [2.24, 2.45) is 0 Å². The van der Waals surface area contributed by atoms with Crippen LogP contribution in [0.1, 0.15) is 290 Å². The minimum atomic E-state index is -0.774. The summed E-state index contributed by atoms with van der Waals surface area (Å²) in [6.45, 7) is 6.63. The third-order valence-corrected chi connectivity index (χ3v) is 11.9. The first kappa shape index (κ1) is 58.9. The smallest absolute Gasteiger partial charge is 0.306 e. The van der Waals surface area contributed by atoms with E-state index in [-0.39, 0.29) is 31.1 Å². The molecule has 61 heavy (non-hydrogen) atoms. The standard InChI is InChI=1S/C55H102O6/c1-4-7-10-13-16-19-22-25-26-27-28-31-33-36-39-42-45-48-54(57)60-51-52(61-55(58)49-46-43-40-37-34-30-24-21-18-15-12-9-6-3)50-59-53(56)47-44-41-38-35-32-29-23-20-17-14-11-8-5-2/h20-21,23-24,52H,4-19,22,25-51H2,1-3H3/b23-20-,24-21-/t52-/m1/s1. The summed E-state index contributed by atoms with van der Waals surface area (Å²) in [6.07, 6.45) is 57.3. The van der Waals surface area contributed by atoms with Crippen molar-refractivity contribution in [1.82, 2.24) is 0 Å². The number of carbonyl (C=O) groups is 3. The number of unbranched alkanes of at least 4 members (excludes halogenated alkanes) is 34. The molecule has 0 fully saturated rings.